The average Bonchev–Trinajstić information content (AvgIpc) is 3.69. The van der Waals surface area contributed by atoms with Crippen molar-refractivity contribution in [2.75, 3.05) is 14.2 Å². The Morgan fingerprint density at radius 2 is 1.71 bits per heavy atom. The number of fused-ring (bicyclic) bond motifs is 1. The lowest BCUT2D eigenvalue weighted by molar-refractivity contribution is -0.141. The molecule has 4 aromatic heterocycles. The Balaban J connectivity index is 1.47. The third-order valence-corrected chi connectivity index (χ3v) is 7.50. The van der Waals surface area contributed by atoms with E-state index in [2.05, 4.69) is 25.0 Å². The maximum absolute atomic E-state index is 13.6. The van der Waals surface area contributed by atoms with Gasteiger partial charge in [-0.2, -0.15) is 31.4 Å². The molecular weight excluding hydrogens is 608 g/mol. The average molecular weight is 634 g/mol. The number of ether oxygens (including phenoxy) is 2. The van der Waals surface area contributed by atoms with Crippen LogP contribution in [0.5, 0.6) is 11.8 Å². The molecule has 0 amide bonds. The van der Waals surface area contributed by atoms with Gasteiger partial charge in [-0.25, -0.2) is 24.6 Å². The van der Waals surface area contributed by atoms with E-state index in [1.54, 1.807) is 19.1 Å². The molecule has 4 heterocycles. The van der Waals surface area contributed by atoms with Gasteiger partial charge in [0, 0.05) is 12.0 Å². The van der Waals surface area contributed by atoms with Crippen LogP contribution < -0.4 is 15.1 Å². The molecule has 11 nitrogen and oxygen atoms in total. The second-order valence-corrected chi connectivity index (χ2v) is 10.5. The summed E-state index contributed by atoms with van der Waals surface area (Å²) in [6.07, 6.45) is -4.94. The molecule has 0 radical (unpaired) electrons. The second-order valence-electron chi connectivity index (χ2n) is 10.5. The Morgan fingerprint density at radius 1 is 1.00 bits per heavy atom. The maximum atomic E-state index is 13.6. The van der Waals surface area contributed by atoms with E-state index in [0.717, 1.165) is 28.2 Å². The van der Waals surface area contributed by atoms with Gasteiger partial charge in [-0.1, -0.05) is 12.1 Å². The zero-order valence-electron chi connectivity index (χ0n) is 24.0. The zero-order valence-corrected chi connectivity index (χ0v) is 24.0. The number of hydrogen-bond acceptors (Lipinski definition) is 8. The predicted molar refractivity (Wildman–Crippen MR) is 146 cm³/mol. The molecule has 1 aliphatic rings. The lowest BCUT2D eigenvalue weighted by atomic mass is 10.1. The Morgan fingerprint density at radius 3 is 2.31 bits per heavy atom. The van der Waals surface area contributed by atoms with Crippen LogP contribution in [0.25, 0.3) is 28.2 Å². The number of methoxy groups -OCH3 is 2. The molecule has 17 heteroatoms. The Labute approximate surface area is 250 Å². The van der Waals surface area contributed by atoms with Gasteiger partial charge in [0.05, 0.1) is 37.8 Å². The molecular formula is C28H25F6N9O2. The summed E-state index contributed by atoms with van der Waals surface area (Å²) in [5, 5.41) is 12.4. The summed E-state index contributed by atoms with van der Waals surface area (Å²) in [7, 11) is 2.64. The molecule has 0 aliphatic heterocycles. The van der Waals surface area contributed by atoms with Crippen molar-refractivity contribution in [2.24, 2.45) is 0 Å². The van der Waals surface area contributed by atoms with E-state index in [4.69, 9.17) is 14.9 Å². The number of halogens is 6. The van der Waals surface area contributed by atoms with Crippen molar-refractivity contribution in [1.29, 1.82) is 5.41 Å². The van der Waals surface area contributed by atoms with Crippen molar-refractivity contribution in [3.05, 3.63) is 65.4 Å². The maximum Gasteiger partial charge on any atom is 0.435 e. The summed E-state index contributed by atoms with van der Waals surface area (Å²) >= 11 is 0. The molecule has 1 saturated carbocycles. The summed E-state index contributed by atoms with van der Waals surface area (Å²) in [6, 6.07) is 6.18. The molecule has 0 saturated heterocycles. The molecule has 1 fully saturated rings. The van der Waals surface area contributed by atoms with Crippen molar-refractivity contribution >= 4 is 11.2 Å². The van der Waals surface area contributed by atoms with E-state index in [-0.39, 0.29) is 40.4 Å². The molecule has 0 bridgehead atoms. The molecule has 1 N–H and O–H groups in total. The van der Waals surface area contributed by atoms with Gasteiger partial charge < -0.3 is 9.47 Å². The van der Waals surface area contributed by atoms with Crippen LogP contribution in [0, 0.1) is 5.41 Å². The fourth-order valence-corrected chi connectivity index (χ4v) is 5.19. The number of benzene rings is 1. The number of aromatic nitrogens is 8. The van der Waals surface area contributed by atoms with Crippen molar-refractivity contribution < 1.29 is 35.8 Å². The quantitative estimate of drug-likeness (QED) is 0.226. The SMILES string of the molecule is COc1ncnc(C2CC2)c1-c1ncc2c(n1)n([C@H](C)c1ccc(-n3nc(C(F)(F)F)cc3OC)cc1)c(=N)n2CC(F)(F)F. The summed E-state index contributed by atoms with van der Waals surface area (Å²) in [5.41, 5.74) is 0.301. The summed E-state index contributed by atoms with van der Waals surface area (Å²) in [6.45, 7) is 0.222. The van der Waals surface area contributed by atoms with Crippen LogP contribution in [0.4, 0.5) is 26.3 Å². The van der Waals surface area contributed by atoms with Crippen LogP contribution >= 0.6 is 0 Å². The van der Waals surface area contributed by atoms with E-state index in [1.807, 2.05) is 0 Å². The zero-order chi connectivity index (χ0) is 32.3. The van der Waals surface area contributed by atoms with Crippen molar-refractivity contribution in [2.45, 2.75) is 50.6 Å². The van der Waals surface area contributed by atoms with Crippen molar-refractivity contribution in [1.82, 2.24) is 38.9 Å². The van der Waals surface area contributed by atoms with Gasteiger partial charge in [0.2, 0.25) is 17.4 Å². The first-order valence-electron chi connectivity index (χ1n) is 13.6. The second kappa shape index (κ2) is 10.9. The van der Waals surface area contributed by atoms with Crippen LogP contribution in [0.15, 0.2) is 42.9 Å². The third-order valence-electron chi connectivity index (χ3n) is 7.50. The van der Waals surface area contributed by atoms with Gasteiger partial charge in [0.25, 0.3) is 0 Å². The number of nitrogens with one attached hydrogen (secondary N) is 1. The van der Waals surface area contributed by atoms with Crippen molar-refractivity contribution in [3.63, 3.8) is 0 Å². The highest BCUT2D eigenvalue weighted by Gasteiger charge is 2.36. The molecule has 1 aliphatic carbocycles. The number of hydrogen-bond donors (Lipinski definition) is 1. The Hall–Kier alpha value is -4.96. The minimum atomic E-state index is -4.69. The predicted octanol–water partition coefficient (Wildman–Crippen LogP) is 5.44. The molecule has 1 aromatic carbocycles. The first kappa shape index (κ1) is 30.1. The van der Waals surface area contributed by atoms with Gasteiger partial charge in [0.15, 0.2) is 17.2 Å². The first-order valence-corrected chi connectivity index (χ1v) is 13.6. The third kappa shape index (κ3) is 5.57. The van der Waals surface area contributed by atoms with Crippen LogP contribution in [0.2, 0.25) is 0 Å². The number of nitrogens with zero attached hydrogens (tertiary/aromatic N) is 8. The number of rotatable bonds is 8. The molecule has 6 rings (SSSR count). The normalized spacial score (nSPS) is 14.6. The lowest BCUT2D eigenvalue weighted by Gasteiger charge is -2.16. The summed E-state index contributed by atoms with van der Waals surface area (Å²) in [4.78, 5) is 17.6. The summed E-state index contributed by atoms with van der Waals surface area (Å²) < 4.78 is 94.3. The number of imidazole rings is 1. The Kier molecular flexibility index (Phi) is 7.28. The number of alkyl halides is 6. The molecule has 0 unspecified atom stereocenters. The highest BCUT2D eigenvalue weighted by atomic mass is 19.4. The fourth-order valence-electron chi connectivity index (χ4n) is 5.19. The van der Waals surface area contributed by atoms with Crippen LogP contribution in [-0.4, -0.2) is 59.2 Å². The van der Waals surface area contributed by atoms with Gasteiger partial charge in [-0.15, -0.1) is 0 Å². The first-order chi connectivity index (χ1) is 21.3. The summed E-state index contributed by atoms with van der Waals surface area (Å²) in [5.74, 6) is 0.345. The molecule has 236 valence electrons. The largest absolute Gasteiger partial charge is 0.481 e. The van der Waals surface area contributed by atoms with Gasteiger partial charge >= 0.3 is 12.4 Å². The standard InChI is InChI=1S/C28H25F6N9O2/c1-14(15-6-8-17(9-7-15)43-20(44-2)10-19(40-43)28(32,33)34)42-24-18(41(26(42)35)12-27(29,30)31)11-36-23(39-24)21-22(16-4-5-16)37-13-38-25(21)45-3/h6-11,13-14,16,35H,4-5,12H2,1-3H3/t14-/m1/s1. The minimum absolute atomic E-state index is 0.0192. The van der Waals surface area contributed by atoms with Gasteiger partial charge in [0.1, 0.15) is 24.0 Å². The molecule has 5 aromatic rings. The van der Waals surface area contributed by atoms with E-state index in [0.29, 0.717) is 16.8 Å². The topological polar surface area (TPSA) is 122 Å². The van der Waals surface area contributed by atoms with Gasteiger partial charge in [-0.3, -0.25) is 14.5 Å². The Bertz CT molecular complexity index is 1940. The van der Waals surface area contributed by atoms with Crippen LogP contribution in [0.3, 0.4) is 0 Å². The molecule has 0 spiro atoms. The van der Waals surface area contributed by atoms with Gasteiger partial charge in [-0.05, 0) is 37.5 Å². The minimum Gasteiger partial charge on any atom is -0.481 e. The highest BCUT2D eigenvalue weighted by Crippen LogP contribution is 2.45. The van der Waals surface area contributed by atoms with E-state index in [1.165, 1.54) is 43.4 Å². The molecule has 45 heavy (non-hydrogen) atoms. The molecule has 1 atom stereocenters. The lowest BCUT2D eigenvalue weighted by Crippen LogP contribution is -2.31. The van der Waals surface area contributed by atoms with Crippen LogP contribution in [-0.2, 0) is 12.7 Å². The van der Waals surface area contributed by atoms with Crippen molar-refractivity contribution in [3.8, 4) is 28.8 Å². The van der Waals surface area contributed by atoms with Crippen LogP contribution in [0.1, 0.15) is 48.7 Å². The smallest absolute Gasteiger partial charge is 0.435 e. The van der Waals surface area contributed by atoms with E-state index < -0.39 is 36.3 Å². The monoisotopic (exact) mass is 633 g/mol. The van der Waals surface area contributed by atoms with E-state index >= 15 is 0 Å². The highest BCUT2D eigenvalue weighted by molar-refractivity contribution is 5.76. The fraction of sp³-hybridized carbons (Fsp3) is 0.357. The van der Waals surface area contributed by atoms with E-state index in [9.17, 15) is 26.3 Å².